The number of aromatic nitrogens is 1. The van der Waals surface area contributed by atoms with Gasteiger partial charge in [-0.25, -0.2) is 0 Å². The van der Waals surface area contributed by atoms with Crippen molar-refractivity contribution in [2.45, 2.75) is 13.3 Å². The molecule has 0 atom stereocenters. The standard InChI is InChI=1S/C11H17N3O2/c1-8-6-10(15)9(7-14-8)11(16)13-5-3-4-12-2/h6-7,12H,3-5H2,1-2H3,(H,13,16)(H,14,15). The van der Waals surface area contributed by atoms with E-state index >= 15 is 0 Å². The van der Waals surface area contributed by atoms with Crippen molar-refractivity contribution in [1.29, 1.82) is 0 Å². The van der Waals surface area contributed by atoms with Gasteiger partial charge in [0.1, 0.15) is 5.56 Å². The highest BCUT2D eigenvalue weighted by Gasteiger charge is 2.08. The van der Waals surface area contributed by atoms with Gasteiger partial charge in [-0.05, 0) is 26.9 Å². The molecule has 0 aliphatic carbocycles. The molecule has 88 valence electrons. The van der Waals surface area contributed by atoms with Crippen LogP contribution in [0.15, 0.2) is 17.1 Å². The Balaban J connectivity index is 2.56. The molecule has 0 aliphatic heterocycles. The molecule has 3 N–H and O–H groups in total. The van der Waals surface area contributed by atoms with Crippen LogP contribution in [-0.4, -0.2) is 31.0 Å². The number of nitrogens with one attached hydrogen (secondary N) is 3. The molecule has 0 bridgehead atoms. The van der Waals surface area contributed by atoms with Gasteiger partial charge in [0.2, 0.25) is 0 Å². The molecule has 0 saturated carbocycles. The number of aryl methyl sites for hydroxylation is 1. The van der Waals surface area contributed by atoms with Gasteiger partial charge in [0.15, 0.2) is 5.43 Å². The normalized spacial score (nSPS) is 10.1. The fourth-order valence-electron chi connectivity index (χ4n) is 1.31. The minimum atomic E-state index is -0.322. The van der Waals surface area contributed by atoms with Gasteiger partial charge >= 0.3 is 0 Å². The number of pyridine rings is 1. The van der Waals surface area contributed by atoms with Crippen LogP contribution in [0.3, 0.4) is 0 Å². The van der Waals surface area contributed by atoms with Crippen LogP contribution in [0.2, 0.25) is 0 Å². The van der Waals surface area contributed by atoms with Crippen molar-refractivity contribution in [1.82, 2.24) is 15.6 Å². The summed E-state index contributed by atoms with van der Waals surface area (Å²) in [4.78, 5) is 25.9. The zero-order valence-electron chi connectivity index (χ0n) is 9.59. The average molecular weight is 223 g/mol. The van der Waals surface area contributed by atoms with Crippen molar-refractivity contribution in [2.75, 3.05) is 20.1 Å². The van der Waals surface area contributed by atoms with Gasteiger partial charge in [-0.2, -0.15) is 0 Å². The Labute approximate surface area is 94.3 Å². The molecular weight excluding hydrogens is 206 g/mol. The third-order valence-electron chi connectivity index (χ3n) is 2.19. The quantitative estimate of drug-likeness (QED) is 0.616. The van der Waals surface area contributed by atoms with Crippen LogP contribution in [-0.2, 0) is 0 Å². The Morgan fingerprint density at radius 2 is 2.19 bits per heavy atom. The van der Waals surface area contributed by atoms with Crippen molar-refractivity contribution >= 4 is 5.91 Å². The highest BCUT2D eigenvalue weighted by atomic mass is 16.2. The Hall–Kier alpha value is -1.62. The molecule has 5 heteroatoms. The molecule has 0 radical (unpaired) electrons. The summed E-state index contributed by atoms with van der Waals surface area (Å²) in [5.41, 5.74) is 0.661. The summed E-state index contributed by atoms with van der Waals surface area (Å²) in [6.45, 7) is 3.17. The van der Waals surface area contributed by atoms with E-state index in [4.69, 9.17) is 0 Å². The first kappa shape index (κ1) is 12.4. The number of amides is 1. The zero-order valence-corrected chi connectivity index (χ0v) is 9.59. The molecule has 0 aromatic carbocycles. The predicted octanol–water partition coefficient (Wildman–Crippen LogP) is 0.0226. The fourth-order valence-corrected chi connectivity index (χ4v) is 1.31. The molecule has 0 fully saturated rings. The minimum absolute atomic E-state index is 0.162. The van der Waals surface area contributed by atoms with E-state index in [1.165, 1.54) is 12.3 Å². The van der Waals surface area contributed by atoms with E-state index in [9.17, 15) is 9.59 Å². The number of rotatable bonds is 5. The van der Waals surface area contributed by atoms with Crippen molar-refractivity contribution in [3.05, 3.63) is 33.7 Å². The maximum absolute atomic E-state index is 11.6. The predicted molar refractivity (Wildman–Crippen MR) is 62.7 cm³/mol. The van der Waals surface area contributed by atoms with E-state index in [1.54, 1.807) is 6.92 Å². The largest absolute Gasteiger partial charge is 0.364 e. The van der Waals surface area contributed by atoms with Crippen LogP contribution < -0.4 is 16.1 Å². The Morgan fingerprint density at radius 1 is 1.44 bits per heavy atom. The van der Waals surface area contributed by atoms with Gasteiger partial charge in [-0.1, -0.05) is 0 Å². The second kappa shape index (κ2) is 6.07. The van der Waals surface area contributed by atoms with Crippen molar-refractivity contribution in [2.24, 2.45) is 0 Å². The molecule has 5 nitrogen and oxygen atoms in total. The highest BCUT2D eigenvalue weighted by Crippen LogP contribution is 1.92. The van der Waals surface area contributed by atoms with E-state index in [2.05, 4.69) is 15.6 Å². The SMILES string of the molecule is CNCCCNC(=O)c1c[nH]c(C)cc1=O. The van der Waals surface area contributed by atoms with Gasteiger partial charge < -0.3 is 15.6 Å². The topological polar surface area (TPSA) is 74.0 Å². The first-order valence-corrected chi connectivity index (χ1v) is 5.27. The number of hydrogen-bond acceptors (Lipinski definition) is 3. The Kier molecular flexibility index (Phi) is 4.72. The Bertz CT molecular complexity index is 412. The first-order chi connectivity index (χ1) is 7.65. The molecule has 1 aromatic heterocycles. The zero-order chi connectivity index (χ0) is 12.0. The monoisotopic (exact) mass is 223 g/mol. The molecule has 0 spiro atoms. The van der Waals surface area contributed by atoms with Crippen LogP contribution in [0.1, 0.15) is 22.5 Å². The van der Waals surface area contributed by atoms with Crippen LogP contribution in [0.25, 0.3) is 0 Å². The summed E-state index contributed by atoms with van der Waals surface area (Å²) < 4.78 is 0. The second-order valence-corrected chi connectivity index (χ2v) is 3.61. The van der Waals surface area contributed by atoms with E-state index < -0.39 is 0 Å². The summed E-state index contributed by atoms with van der Waals surface area (Å²) in [6.07, 6.45) is 2.29. The number of carbonyl (C=O) groups excluding carboxylic acids is 1. The smallest absolute Gasteiger partial charge is 0.256 e. The summed E-state index contributed by atoms with van der Waals surface area (Å²) >= 11 is 0. The molecular formula is C11H17N3O2. The van der Waals surface area contributed by atoms with Crippen molar-refractivity contribution in [3.63, 3.8) is 0 Å². The van der Waals surface area contributed by atoms with Crippen LogP contribution in [0.4, 0.5) is 0 Å². The summed E-state index contributed by atoms with van der Waals surface area (Å²) in [6, 6.07) is 1.42. The molecule has 1 amide bonds. The van der Waals surface area contributed by atoms with Gasteiger partial charge in [0.05, 0.1) is 0 Å². The second-order valence-electron chi connectivity index (χ2n) is 3.61. The van der Waals surface area contributed by atoms with E-state index in [1.807, 2.05) is 7.05 Å². The third kappa shape index (κ3) is 3.51. The fraction of sp³-hybridized carbons (Fsp3) is 0.455. The molecule has 16 heavy (non-hydrogen) atoms. The lowest BCUT2D eigenvalue weighted by Crippen LogP contribution is -2.30. The number of carbonyl (C=O) groups is 1. The molecule has 1 rings (SSSR count). The average Bonchev–Trinajstić information content (AvgIpc) is 2.24. The third-order valence-corrected chi connectivity index (χ3v) is 2.19. The Morgan fingerprint density at radius 3 is 2.81 bits per heavy atom. The van der Waals surface area contributed by atoms with Crippen LogP contribution in [0.5, 0.6) is 0 Å². The number of hydrogen-bond donors (Lipinski definition) is 3. The lowest BCUT2D eigenvalue weighted by atomic mass is 10.2. The maximum Gasteiger partial charge on any atom is 0.256 e. The van der Waals surface area contributed by atoms with Gasteiger partial charge in [-0.3, -0.25) is 9.59 Å². The molecule has 0 saturated heterocycles. The summed E-state index contributed by atoms with van der Waals surface area (Å²) in [7, 11) is 1.85. The van der Waals surface area contributed by atoms with Crippen molar-refractivity contribution < 1.29 is 4.79 Å². The van der Waals surface area contributed by atoms with Crippen LogP contribution in [0, 0.1) is 6.92 Å². The van der Waals surface area contributed by atoms with Crippen LogP contribution >= 0.6 is 0 Å². The summed E-state index contributed by atoms with van der Waals surface area (Å²) in [5.74, 6) is -0.322. The maximum atomic E-state index is 11.6. The van der Waals surface area contributed by atoms with E-state index in [0.717, 1.165) is 18.7 Å². The lowest BCUT2D eigenvalue weighted by Gasteiger charge is -2.04. The molecule has 0 aliphatic rings. The minimum Gasteiger partial charge on any atom is -0.364 e. The molecule has 0 unspecified atom stereocenters. The van der Waals surface area contributed by atoms with Gasteiger partial charge in [-0.15, -0.1) is 0 Å². The molecule has 1 aromatic rings. The van der Waals surface area contributed by atoms with Gasteiger partial charge in [0, 0.05) is 24.5 Å². The number of H-pyrrole nitrogens is 1. The summed E-state index contributed by atoms with van der Waals surface area (Å²) in [5, 5.41) is 5.68. The van der Waals surface area contributed by atoms with Crippen molar-refractivity contribution in [3.8, 4) is 0 Å². The highest BCUT2D eigenvalue weighted by molar-refractivity contribution is 5.93. The van der Waals surface area contributed by atoms with E-state index in [0.29, 0.717) is 6.54 Å². The number of aromatic amines is 1. The first-order valence-electron chi connectivity index (χ1n) is 5.27. The lowest BCUT2D eigenvalue weighted by molar-refractivity contribution is 0.0952. The molecule has 1 heterocycles. The van der Waals surface area contributed by atoms with Gasteiger partial charge in [0.25, 0.3) is 5.91 Å². The van der Waals surface area contributed by atoms with E-state index in [-0.39, 0.29) is 16.9 Å².